The van der Waals surface area contributed by atoms with Crippen molar-refractivity contribution in [1.29, 1.82) is 0 Å². The SMILES string of the molecule is CC1CCN(S(=O)(=O)c2ccc(NC(=O)c3ccccc3F)c(F)c2)CC1. The third kappa shape index (κ3) is 4.17. The quantitative estimate of drug-likeness (QED) is 0.861. The molecule has 0 atom stereocenters. The van der Waals surface area contributed by atoms with Gasteiger partial charge in [0, 0.05) is 13.1 Å². The maximum Gasteiger partial charge on any atom is 0.258 e. The number of hydrogen-bond donors (Lipinski definition) is 1. The maximum atomic E-state index is 14.4. The lowest BCUT2D eigenvalue weighted by Crippen LogP contribution is -2.37. The van der Waals surface area contributed by atoms with Gasteiger partial charge < -0.3 is 5.32 Å². The van der Waals surface area contributed by atoms with Crippen molar-refractivity contribution in [1.82, 2.24) is 4.31 Å². The Morgan fingerprint density at radius 2 is 1.74 bits per heavy atom. The van der Waals surface area contributed by atoms with E-state index in [1.807, 2.05) is 0 Å². The molecule has 2 aromatic carbocycles. The molecule has 144 valence electrons. The number of hydrogen-bond acceptors (Lipinski definition) is 3. The fourth-order valence-electron chi connectivity index (χ4n) is 2.97. The second kappa shape index (κ2) is 7.74. The third-order valence-corrected chi connectivity index (χ3v) is 6.58. The van der Waals surface area contributed by atoms with Crippen LogP contribution in [0.3, 0.4) is 0 Å². The number of nitrogens with zero attached hydrogens (tertiary/aromatic N) is 1. The van der Waals surface area contributed by atoms with Crippen molar-refractivity contribution < 1.29 is 22.0 Å². The van der Waals surface area contributed by atoms with Crippen molar-refractivity contribution >= 4 is 21.6 Å². The number of piperidine rings is 1. The number of halogens is 2. The number of benzene rings is 2. The Morgan fingerprint density at radius 1 is 1.07 bits per heavy atom. The zero-order chi connectivity index (χ0) is 19.6. The van der Waals surface area contributed by atoms with E-state index in [2.05, 4.69) is 12.2 Å². The van der Waals surface area contributed by atoms with Gasteiger partial charge in [0.2, 0.25) is 10.0 Å². The fourth-order valence-corrected chi connectivity index (χ4v) is 4.45. The van der Waals surface area contributed by atoms with E-state index in [-0.39, 0.29) is 16.1 Å². The molecule has 0 aromatic heterocycles. The van der Waals surface area contributed by atoms with Gasteiger partial charge in [0.25, 0.3) is 5.91 Å². The summed E-state index contributed by atoms with van der Waals surface area (Å²) in [7, 11) is -3.79. The molecule has 27 heavy (non-hydrogen) atoms. The van der Waals surface area contributed by atoms with Crippen LogP contribution in [0.15, 0.2) is 47.4 Å². The van der Waals surface area contributed by atoms with Crippen LogP contribution in [0.2, 0.25) is 0 Å². The Balaban J connectivity index is 1.79. The Bertz CT molecular complexity index is 955. The van der Waals surface area contributed by atoms with Crippen LogP contribution in [0.25, 0.3) is 0 Å². The highest BCUT2D eigenvalue weighted by Crippen LogP contribution is 2.26. The molecule has 3 rings (SSSR count). The lowest BCUT2D eigenvalue weighted by atomic mass is 10.0. The van der Waals surface area contributed by atoms with Crippen molar-refractivity contribution in [2.45, 2.75) is 24.7 Å². The zero-order valence-corrected chi connectivity index (χ0v) is 15.6. The first-order valence-electron chi connectivity index (χ1n) is 8.64. The molecule has 2 aromatic rings. The number of carbonyl (C=O) groups is 1. The van der Waals surface area contributed by atoms with E-state index in [0.717, 1.165) is 25.0 Å². The molecule has 1 fully saturated rings. The molecule has 0 unspecified atom stereocenters. The van der Waals surface area contributed by atoms with Crippen molar-refractivity contribution in [2.75, 3.05) is 18.4 Å². The minimum absolute atomic E-state index is 0.168. The average molecular weight is 394 g/mol. The fraction of sp³-hybridized carbons (Fsp3) is 0.316. The van der Waals surface area contributed by atoms with Crippen LogP contribution in [0.1, 0.15) is 30.1 Å². The molecule has 1 aliphatic heterocycles. The smallest absolute Gasteiger partial charge is 0.258 e. The van der Waals surface area contributed by atoms with E-state index in [4.69, 9.17) is 0 Å². The molecular weight excluding hydrogens is 374 g/mol. The summed E-state index contributed by atoms with van der Waals surface area (Å²) in [5.41, 5.74) is -0.439. The summed E-state index contributed by atoms with van der Waals surface area (Å²) in [6.45, 7) is 2.87. The molecule has 0 spiro atoms. The molecule has 0 radical (unpaired) electrons. The van der Waals surface area contributed by atoms with Gasteiger partial charge in [-0.25, -0.2) is 17.2 Å². The Morgan fingerprint density at radius 3 is 2.37 bits per heavy atom. The Kier molecular flexibility index (Phi) is 5.57. The number of amides is 1. The van der Waals surface area contributed by atoms with E-state index in [1.165, 1.54) is 34.6 Å². The van der Waals surface area contributed by atoms with Crippen LogP contribution < -0.4 is 5.32 Å². The molecule has 1 N–H and O–H groups in total. The molecule has 0 saturated carbocycles. The zero-order valence-electron chi connectivity index (χ0n) is 14.8. The van der Waals surface area contributed by atoms with Crippen LogP contribution in [-0.4, -0.2) is 31.7 Å². The number of anilines is 1. The maximum absolute atomic E-state index is 14.4. The lowest BCUT2D eigenvalue weighted by molar-refractivity contribution is 0.102. The topological polar surface area (TPSA) is 66.5 Å². The van der Waals surface area contributed by atoms with E-state index < -0.39 is 27.6 Å². The molecule has 1 aliphatic rings. The summed E-state index contributed by atoms with van der Waals surface area (Å²) in [6.07, 6.45) is 1.52. The molecule has 8 heteroatoms. The highest BCUT2D eigenvalue weighted by atomic mass is 32.2. The molecule has 5 nitrogen and oxygen atoms in total. The van der Waals surface area contributed by atoms with Crippen molar-refractivity contribution in [3.8, 4) is 0 Å². The molecule has 0 aliphatic carbocycles. The summed E-state index contributed by atoms with van der Waals surface area (Å²) < 4.78 is 54.7. The normalized spacial score (nSPS) is 16.3. The van der Waals surface area contributed by atoms with Gasteiger partial charge in [-0.3, -0.25) is 4.79 Å². The van der Waals surface area contributed by atoms with Crippen molar-refractivity contribution in [3.63, 3.8) is 0 Å². The summed E-state index contributed by atoms with van der Waals surface area (Å²) in [5.74, 6) is -1.98. The van der Waals surface area contributed by atoms with Gasteiger partial charge in [-0.1, -0.05) is 19.1 Å². The minimum atomic E-state index is -3.79. The van der Waals surface area contributed by atoms with Crippen LogP contribution in [0.4, 0.5) is 14.5 Å². The highest BCUT2D eigenvalue weighted by molar-refractivity contribution is 7.89. The predicted octanol–water partition coefficient (Wildman–Crippen LogP) is 3.64. The van der Waals surface area contributed by atoms with Crippen LogP contribution in [0.5, 0.6) is 0 Å². The van der Waals surface area contributed by atoms with E-state index in [9.17, 15) is 22.0 Å². The first-order valence-corrected chi connectivity index (χ1v) is 10.1. The number of carbonyl (C=O) groups excluding carboxylic acids is 1. The molecule has 1 saturated heterocycles. The van der Waals surface area contributed by atoms with E-state index in [0.29, 0.717) is 19.0 Å². The summed E-state index contributed by atoms with van der Waals surface area (Å²) in [5, 5.41) is 2.27. The number of nitrogens with one attached hydrogen (secondary N) is 1. The number of sulfonamides is 1. The van der Waals surface area contributed by atoms with Gasteiger partial charge in [-0.15, -0.1) is 0 Å². The second-order valence-electron chi connectivity index (χ2n) is 6.66. The van der Waals surface area contributed by atoms with Gasteiger partial charge in [0.15, 0.2) is 0 Å². The Hall–Kier alpha value is -2.32. The minimum Gasteiger partial charge on any atom is -0.319 e. The van der Waals surface area contributed by atoms with Gasteiger partial charge in [-0.05, 0) is 49.1 Å². The van der Waals surface area contributed by atoms with Crippen LogP contribution >= 0.6 is 0 Å². The molecule has 0 bridgehead atoms. The lowest BCUT2D eigenvalue weighted by Gasteiger charge is -2.29. The summed E-state index contributed by atoms with van der Waals surface area (Å²) in [4.78, 5) is 11.9. The van der Waals surface area contributed by atoms with Crippen LogP contribution in [-0.2, 0) is 10.0 Å². The van der Waals surface area contributed by atoms with Crippen molar-refractivity contribution in [3.05, 3.63) is 59.7 Å². The van der Waals surface area contributed by atoms with Gasteiger partial charge in [0.1, 0.15) is 11.6 Å². The average Bonchev–Trinajstić information content (AvgIpc) is 2.64. The largest absolute Gasteiger partial charge is 0.319 e. The number of rotatable bonds is 4. The highest BCUT2D eigenvalue weighted by Gasteiger charge is 2.28. The van der Waals surface area contributed by atoms with Crippen molar-refractivity contribution in [2.24, 2.45) is 5.92 Å². The van der Waals surface area contributed by atoms with Gasteiger partial charge in [0.05, 0.1) is 16.1 Å². The van der Waals surface area contributed by atoms with Gasteiger partial charge in [-0.2, -0.15) is 4.31 Å². The summed E-state index contributed by atoms with van der Waals surface area (Å²) >= 11 is 0. The molecule has 1 amide bonds. The first-order chi connectivity index (χ1) is 12.8. The summed E-state index contributed by atoms with van der Waals surface area (Å²) in [6, 6.07) is 8.63. The predicted molar refractivity (Wildman–Crippen MR) is 97.9 cm³/mol. The molecular formula is C19H20F2N2O3S. The van der Waals surface area contributed by atoms with Crippen LogP contribution in [0, 0.1) is 17.6 Å². The first kappa shape index (κ1) is 19.4. The monoisotopic (exact) mass is 394 g/mol. The Labute approximate surface area is 157 Å². The van der Waals surface area contributed by atoms with E-state index >= 15 is 0 Å². The molecule has 1 heterocycles. The third-order valence-electron chi connectivity index (χ3n) is 4.69. The van der Waals surface area contributed by atoms with E-state index in [1.54, 1.807) is 0 Å². The van der Waals surface area contributed by atoms with Gasteiger partial charge >= 0.3 is 0 Å². The standard InChI is InChI=1S/C19H20F2N2O3S/c1-13-8-10-23(11-9-13)27(25,26)14-6-7-18(17(21)12-14)22-19(24)15-4-2-3-5-16(15)20/h2-7,12-13H,8-11H2,1H3,(H,22,24). The second-order valence-corrected chi connectivity index (χ2v) is 8.60.